The highest BCUT2D eigenvalue weighted by atomic mass is 16.4. The maximum absolute atomic E-state index is 13.0. The molecule has 1 amide bonds. The van der Waals surface area contributed by atoms with Crippen molar-refractivity contribution in [3.8, 4) is 0 Å². The second kappa shape index (κ2) is 8.42. The van der Waals surface area contributed by atoms with Crippen LogP contribution in [0.1, 0.15) is 55.3 Å². The number of oxazole rings is 1. The van der Waals surface area contributed by atoms with Crippen molar-refractivity contribution in [2.45, 2.75) is 51.6 Å². The zero-order valence-corrected chi connectivity index (χ0v) is 16.3. The van der Waals surface area contributed by atoms with E-state index in [1.807, 2.05) is 40.8 Å². The van der Waals surface area contributed by atoms with Crippen molar-refractivity contribution in [3.63, 3.8) is 0 Å². The maximum atomic E-state index is 13.0. The van der Waals surface area contributed by atoms with Gasteiger partial charge < -0.3 is 13.9 Å². The fourth-order valence-electron chi connectivity index (χ4n) is 3.88. The largest absolute Gasteiger partial charge is 0.443 e. The molecule has 0 N–H and O–H groups in total. The molecule has 3 heterocycles. The molecule has 0 aliphatic carbocycles. The Morgan fingerprint density at radius 3 is 2.89 bits per heavy atom. The molecular formula is C22H26N4O2. The molecule has 1 aliphatic rings. The van der Waals surface area contributed by atoms with Gasteiger partial charge in [-0.2, -0.15) is 0 Å². The van der Waals surface area contributed by atoms with Crippen molar-refractivity contribution in [1.82, 2.24) is 19.4 Å². The van der Waals surface area contributed by atoms with Gasteiger partial charge in [-0.05, 0) is 24.8 Å². The predicted octanol–water partition coefficient (Wildman–Crippen LogP) is 3.78. The van der Waals surface area contributed by atoms with E-state index in [1.54, 1.807) is 12.4 Å². The number of nitrogens with zero attached hydrogens (tertiary/aromatic N) is 4. The van der Waals surface area contributed by atoms with Gasteiger partial charge >= 0.3 is 0 Å². The van der Waals surface area contributed by atoms with E-state index in [2.05, 4.69) is 22.1 Å². The van der Waals surface area contributed by atoms with Crippen molar-refractivity contribution in [1.29, 1.82) is 0 Å². The van der Waals surface area contributed by atoms with Gasteiger partial charge in [-0.15, -0.1) is 0 Å². The molecule has 28 heavy (non-hydrogen) atoms. The second-order valence-corrected chi connectivity index (χ2v) is 7.25. The lowest BCUT2D eigenvalue weighted by Crippen LogP contribution is -2.40. The normalized spacial score (nSPS) is 17.0. The average molecular weight is 378 g/mol. The number of rotatable bonds is 6. The van der Waals surface area contributed by atoms with Gasteiger partial charge in [-0.25, -0.2) is 9.97 Å². The van der Waals surface area contributed by atoms with Crippen LogP contribution < -0.4 is 0 Å². The Bertz CT molecular complexity index is 916. The van der Waals surface area contributed by atoms with Gasteiger partial charge in [0, 0.05) is 31.8 Å². The number of amides is 1. The van der Waals surface area contributed by atoms with Gasteiger partial charge in [0.25, 0.3) is 0 Å². The van der Waals surface area contributed by atoms with E-state index in [0.29, 0.717) is 18.9 Å². The van der Waals surface area contributed by atoms with Crippen molar-refractivity contribution in [2.75, 3.05) is 6.54 Å². The highest BCUT2D eigenvalue weighted by Crippen LogP contribution is 2.31. The summed E-state index contributed by atoms with van der Waals surface area (Å²) in [6.07, 6.45) is 9.94. The molecule has 1 saturated heterocycles. The minimum atomic E-state index is -0.0839. The summed E-state index contributed by atoms with van der Waals surface area (Å²) in [5.74, 6) is 2.52. The number of carbonyl (C=O) groups excluding carboxylic acids is 1. The van der Waals surface area contributed by atoms with E-state index in [9.17, 15) is 4.79 Å². The van der Waals surface area contributed by atoms with Crippen LogP contribution >= 0.6 is 0 Å². The first-order valence-electron chi connectivity index (χ1n) is 10.0. The highest BCUT2D eigenvalue weighted by molar-refractivity contribution is 5.76. The number of carbonyl (C=O) groups is 1. The van der Waals surface area contributed by atoms with Crippen LogP contribution in [-0.2, 0) is 24.2 Å². The average Bonchev–Trinajstić information content (AvgIpc) is 3.38. The molecule has 146 valence electrons. The van der Waals surface area contributed by atoms with Crippen molar-refractivity contribution >= 4 is 5.91 Å². The summed E-state index contributed by atoms with van der Waals surface area (Å²) >= 11 is 0. The van der Waals surface area contributed by atoms with E-state index in [0.717, 1.165) is 43.8 Å². The molecule has 0 radical (unpaired) electrons. The lowest BCUT2D eigenvalue weighted by atomic mass is 10.0. The minimum absolute atomic E-state index is 0.0839. The molecule has 6 nitrogen and oxygen atoms in total. The molecule has 0 bridgehead atoms. The molecule has 1 unspecified atom stereocenters. The molecule has 4 rings (SSSR count). The molecular weight excluding hydrogens is 352 g/mol. The minimum Gasteiger partial charge on any atom is -0.443 e. The molecule has 2 aromatic heterocycles. The zero-order chi connectivity index (χ0) is 19.3. The quantitative estimate of drug-likeness (QED) is 0.655. The van der Waals surface area contributed by atoms with E-state index < -0.39 is 0 Å². The lowest BCUT2D eigenvalue weighted by molar-refractivity contribution is -0.136. The van der Waals surface area contributed by atoms with E-state index in [1.165, 1.54) is 5.56 Å². The number of hydrogen-bond acceptors (Lipinski definition) is 4. The summed E-state index contributed by atoms with van der Waals surface area (Å²) in [7, 11) is 0. The third-order valence-electron chi connectivity index (χ3n) is 5.32. The zero-order valence-electron chi connectivity index (χ0n) is 16.3. The first kappa shape index (κ1) is 18.5. The molecule has 1 fully saturated rings. The fourth-order valence-corrected chi connectivity index (χ4v) is 3.88. The van der Waals surface area contributed by atoms with Crippen molar-refractivity contribution in [3.05, 3.63) is 72.0 Å². The molecule has 1 aromatic carbocycles. The molecule has 0 saturated carbocycles. The summed E-state index contributed by atoms with van der Waals surface area (Å²) in [4.78, 5) is 23.8. The smallest absolute Gasteiger partial charge is 0.243 e. The Morgan fingerprint density at radius 1 is 1.21 bits per heavy atom. The second-order valence-electron chi connectivity index (χ2n) is 7.25. The third kappa shape index (κ3) is 4.01. The molecule has 1 aliphatic heterocycles. The standard InChI is InChI=1S/C22H26N4O2/c1-2-20-23-11-13-25(20)16-21(27)26-12-7-6-10-19(26)22-24-15-18(28-22)14-17-8-4-3-5-9-17/h3-5,8-9,11,13,15,19H,2,6-7,10,12,14,16H2,1H3. The van der Waals surface area contributed by atoms with E-state index in [-0.39, 0.29) is 11.9 Å². The van der Waals surface area contributed by atoms with Crippen LogP contribution in [0.4, 0.5) is 0 Å². The van der Waals surface area contributed by atoms with Gasteiger partial charge in [-0.3, -0.25) is 4.79 Å². The molecule has 0 spiro atoms. The highest BCUT2D eigenvalue weighted by Gasteiger charge is 2.31. The maximum Gasteiger partial charge on any atom is 0.243 e. The number of likely N-dealkylation sites (tertiary alicyclic amines) is 1. The summed E-state index contributed by atoms with van der Waals surface area (Å²) in [5.41, 5.74) is 1.19. The summed E-state index contributed by atoms with van der Waals surface area (Å²) in [6, 6.07) is 10.1. The van der Waals surface area contributed by atoms with Gasteiger partial charge in [0.15, 0.2) is 0 Å². The Balaban J connectivity index is 1.48. The third-order valence-corrected chi connectivity index (χ3v) is 5.32. The lowest BCUT2D eigenvalue weighted by Gasteiger charge is -2.34. The Hall–Kier alpha value is -2.89. The van der Waals surface area contributed by atoms with E-state index >= 15 is 0 Å². The van der Waals surface area contributed by atoms with Crippen LogP contribution in [0.3, 0.4) is 0 Å². The number of aryl methyl sites for hydroxylation is 1. The molecule has 3 aromatic rings. The van der Waals surface area contributed by atoms with Crippen LogP contribution in [0.5, 0.6) is 0 Å². The Morgan fingerprint density at radius 2 is 2.07 bits per heavy atom. The first-order valence-corrected chi connectivity index (χ1v) is 10.0. The molecule has 1 atom stereocenters. The van der Waals surface area contributed by atoms with Crippen LogP contribution in [0.15, 0.2) is 53.3 Å². The predicted molar refractivity (Wildman–Crippen MR) is 106 cm³/mol. The summed E-state index contributed by atoms with van der Waals surface area (Å²) in [6.45, 7) is 3.11. The SMILES string of the molecule is CCc1nccn1CC(=O)N1CCCCC1c1ncc(Cc2ccccc2)o1. The number of imidazole rings is 1. The monoisotopic (exact) mass is 378 g/mol. The van der Waals surface area contributed by atoms with Crippen LogP contribution in [0.2, 0.25) is 0 Å². The van der Waals surface area contributed by atoms with Crippen LogP contribution in [0, 0.1) is 0 Å². The number of benzene rings is 1. The van der Waals surface area contributed by atoms with Gasteiger partial charge in [-0.1, -0.05) is 37.3 Å². The summed E-state index contributed by atoms with van der Waals surface area (Å²) in [5, 5.41) is 0. The van der Waals surface area contributed by atoms with Crippen LogP contribution in [0.25, 0.3) is 0 Å². The summed E-state index contributed by atoms with van der Waals surface area (Å²) < 4.78 is 8.00. The first-order chi connectivity index (χ1) is 13.7. The van der Waals surface area contributed by atoms with Gasteiger partial charge in [0.1, 0.15) is 24.2 Å². The number of piperidine rings is 1. The number of aromatic nitrogens is 3. The van der Waals surface area contributed by atoms with Gasteiger partial charge in [0.2, 0.25) is 11.8 Å². The Kier molecular flexibility index (Phi) is 5.55. The molecule has 6 heteroatoms. The van der Waals surface area contributed by atoms with Crippen molar-refractivity contribution in [2.24, 2.45) is 0 Å². The number of hydrogen-bond donors (Lipinski definition) is 0. The van der Waals surface area contributed by atoms with Crippen LogP contribution in [-0.4, -0.2) is 31.9 Å². The Labute approximate surface area is 165 Å². The van der Waals surface area contributed by atoms with Crippen molar-refractivity contribution < 1.29 is 9.21 Å². The topological polar surface area (TPSA) is 64.2 Å². The van der Waals surface area contributed by atoms with E-state index in [4.69, 9.17) is 4.42 Å². The fraction of sp³-hybridized carbons (Fsp3) is 0.409. The van der Waals surface area contributed by atoms with Gasteiger partial charge in [0.05, 0.1) is 6.20 Å².